The molecule has 0 spiro atoms. The van der Waals surface area contributed by atoms with Crippen LogP contribution in [0.5, 0.6) is 0 Å². The highest BCUT2D eigenvalue weighted by Gasteiger charge is 2.26. The van der Waals surface area contributed by atoms with Gasteiger partial charge in [0.2, 0.25) is 21.1 Å². The molecular formula is C17H25NO5S2. The standard InChI is InChI=1S/C16H22NOS.CH4O4S/c1-4-14(18)9-10-17-15-7-5-12(2)11-13(15)6-8-16(17)19-3;1-5-6(2,3)4/h5,7,11H,4,6,8-10H2,1-3H3;1H3,(H,2,3,4)/q+1;/p-1. The molecule has 0 atom stereocenters. The Morgan fingerprint density at radius 1 is 1.36 bits per heavy atom. The summed E-state index contributed by atoms with van der Waals surface area (Å²) in [6.45, 7) is 4.90. The maximum Gasteiger partial charge on any atom is 0.217 e. The lowest BCUT2D eigenvalue weighted by Crippen LogP contribution is -2.23. The Hall–Kier alpha value is -1.22. The van der Waals surface area contributed by atoms with Crippen molar-refractivity contribution in [3.05, 3.63) is 29.3 Å². The molecular weight excluding hydrogens is 362 g/mol. The first-order valence-corrected chi connectivity index (χ1v) is 10.6. The van der Waals surface area contributed by atoms with Crippen LogP contribution in [0.3, 0.4) is 0 Å². The van der Waals surface area contributed by atoms with Crippen LogP contribution in [0.1, 0.15) is 37.3 Å². The van der Waals surface area contributed by atoms with Gasteiger partial charge in [0.25, 0.3) is 0 Å². The molecule has 6 nitrogen and oxygen atoms in total. The van der Waals surface area contributed by atoms with Gasteiger partial charge in [-0.3, -0.25) is 8.98 Å². The van der Waals surface area contributed by atoms with Crippen molar-refractivity contribution < 1.29 is 26.5 Å². The van der Waals surface area contributed by atoms with E-state index in [-0.39, 0.29) is 0 Å². The monoisotopic (exact) mass is 387 g/mol. The van der Waals surface area contributed by atoms with Crippen LogP contribution in [0.2, 0.25) is 0 Å². The van der Waals surface area contributed by atoms with Crippen LogP contribution in [-0.2, 0) is 25.8 Å². The predicted octanol–water partition coefficient (Wildman–Crippen LogP) is 2.81. The third-order valence-corrected chi connectivity index (χ3v) is 5.19. The Morgan fingerprint density at radius 3 is 2.52 bits per heavy atom. The summed E-state index contributed by atoms with van der Waals surface area (Å²) in [5, 5.41) is 1.39. The summed E-state index contributed by atoms with van der Waals surface area (Å²) in [6, 6.07) is 6.65. The fourth-order valence-corrected chi connectivity index (χ4v) is 3.28. The molecule has 8 heteroatoms. The van der Waals surface area contributed by atoms with E-state index in [1.165, 1.54) is 21.9 Å². The normalized spacial score (nSPS) is 13.8. The highest BCUT2D eigenvalue weighted by Crippen LogP contribution is 2.29. The highest BCUT2D eigenvalue weighted by molar-refractivity contribution is 8.13. The van der Waals surface area contributed by atoms with Gasteiger partial charge in [-0.1, -0.05) is 30.3 Å². The van der Waals surface area contributed by atoms with Crippen molar-refractivity contribution in [1.29, 1.82) is 0 Å². The molecule has 2 rings (SSSR count). The van der Waals surface area contributed by atoms with Crippen molar-refractivity contribution in [2.45, 2.75) is 39.5 Å². The number of rotatable bonds is 5. The van der Waals surface area contributed by atoms with Crippen LogP contribution >= 0.6 is 11.8 Å². The van der Waals surface area contributed by atoms with Gasteiger partial charge in [-0.15, -0.1) is 0 Å². The first-order chi connectivity index (χ1) is 11.7. The van der Waals surface area contributed by atoms with Crippen LogP contribution in [0.4, 0.5) is 5.69 Å². The molecule has 1 aromatic rings. The molecule has 1 heterocycles. The molecule has 0 saturated heterocycles. The molecule has 0 N–H and O–H groups in total. The fraction of sp³-hybridized carbons (Fsp3) is 0.529. The lowest BCUT2D eigenvalue weighted by Gasteiger charge is -2.16. The number of aryl methyl sites for hydroxylation is 2. The smallest absolute Gasteiger partial charge is 0.217 e. The minimum atomic E-state index is -4.41. The molecule has 25 heavy (non-hydrogen) atoms. The van der Waals surface area contributed by atoms with Gasteiger partial charge in [0.1, 0.15) is 5.78 Å². The summed E-state index contributed by atoms with van der Waals surface area (Å²) in [5.74, 6) is 0.347. The Kier molecular flexibility index (Phi) is 8.78. The Bertz CT molecular complexity index is 741. The van der Waals surface area contributed by atoms with E-state index in [4.69, 9.17) is 0 Å². The zero-order valence-corrected chi connectivity index (χ0v) is 16.7. The lowest BCUT2D eigenvalue weighted by atomic mass is 10.0. The zero-order valence-electron chi connectivity index (χ0n) is 15.1. The van der Waals surface area contributed by atoms with Gasteiger partial charge in [0, 0.05) is 24.5 Å². The van der Waals surface area contributed by atoms with Crippen LogP contribution in [0.25, 0.3) is 0 Å². The van der Waals surface area contributed by atoms with Crippen molar-refractivity contribution in [2.75, 3.05) is 19.9 Å². The molecule has 0 unspecified atom stereocenters. The quantitative estimate of drug-likeness (QED) is 0.439. The van der Waals surface area contributed by atoms with E-state index >= 15 is 0 Å². The minimum Gasteiger partial charge on any atom is -0.726 e. The zero-order chi connectivity index (χ0) is 19.0. The van der Waals surface area contributed by atoms with Gasteiger partial charge in [-0.05, 0) is 25.7 Å². The molecule has 0 radical (unpaired) electrons. The Labute approximate surface area is 154 Å². The molecule has 0 bridgehead atoms. The number of benzene rings is 1. The van der Waals surface area contributed by atoms with E-state index in [0.717, 1.165) is 26.5 Å². The molecule has 0 aliphatic carbocycles. The number of nitrogens with zero attached hydrogens (tertiary/aromatic N) is 1. The third kappa shape index (κ3) is 7.27. The van der Waals surface area contributed by atoms with Gasteiger partial charge in [-0.25, -0.2) is 8.42 Å². The molecule has 140 valence electrons. The first-order valence-electron chi connectivity index (χ1n) is 8.01. The summed E-state index contributed by atoms with van der Waals surface area (Å²) >= 11 is 1.81. The van der Waals surface area contributed by atoms with Gasteiger partial charge in [0.05, 0.1) is 13.5 Å². The van der Waals surface area contributed by atoms with Crippen molar-refractivity contribution in [3.63, 3.8) is 0 Å². The molecule has 0 aromatic heterocycles. The van der Waals surface area contributed by atoms with E-state index in [1.54, 1.807) is 0 Å². The topological polar surface area (TPSA) is 86.5 Å². The number of hydrogen-bond acceptors (Lipinski definition) is 6. The summed E-state index contributed by atoms with van der Waals surface area (Å²) in [5.41, 5.74) is 4.03. The van der Waals surface area contributed by atoms with Gasteiger partial charge >= 0.3 is 0 Å². The maximum absolute atomic E-state index is 11.6. The third-order valence-electron chi connectivity index (χ3n) is 3.88. The summed E-state index contributed by atoms with van der Waals surface area (Å²) in [7, 11) is -3.60. The van der Waals surface area contributed by atoms with Gasteiger partial charge in [-0.2, -0.15) is 4.58 Å². The van der Waals surface area contributed by atoms with E-state index < -0.39 is 10.4 Å². The second-order valence-corrected chi connectivity index (χ2v) is 7.63. The number of carbonyl (C=O) groups excluding carboxylic acids is 1. The number of fused-ring (bicyclic) bond motifs is 1. The van der Waals surface area contributed by atoms with E-state index in [2.05, 4.69) is 40.1 Å². The van der Waals surface area contributed by atoms with Crippen LogP contribution < -0.4 is 0 Å². The summed E-state index contributed by atoms with van der Waals surface area (Å²) in [4.78, 5) is 11.6. The largest absolute Gasteiger partial charge is 0.726 e. The average Bonchev–Trinajstić information content (AvgIpc) is 2.58. The van der Waals surface area contributed by atoms with Gasteiger partial charge < -0.3 is 4.55 Å². The van der Waals surface area contributed by atoms with Crippen LogP contribution in [-0.4, -0.2) is 48.3 Å². The minimum absolute atomic E-state index is 0.347. The van der Waals surface area contributed by atoms with Crippen molar-refractivity contribution in [1.82, 2.24) is 0 Å². The van der Waals surface area contributed by atoms with Gasteiger partial charge in [0.15, 0.2) is 6.54 Å². The van der Waals surface area contributed by atoms with E-state index in [0.29, 0.717) is 18.6 Å². The number of Topliss-reactive ketones (excluding diaryl/α,β-unsaturated/α-hetero) is 1. The lowest BCUT2D eigenvalue weighted by molar-refractivity contribution is -0.440. The maximum atomic E-state index is 11.6. The molecule has 1 aliphatic rings. The molecule has 0 amide bonds. The molecule has 0 saturated carbocycles. The number of hydrogen-bond donors (Lipinski definition) is 0. The second kappa shape index (κ2) is 10.1. The fourth-order valence-electron chi connectivity index (χ4n) is 2.56. The van der Waals surface area contributed by atoms with Crippen molar-refractivity contribution in [2.24, 2.45) is 0 Å². The molecule has 1 aliphatic heterocycles. The predicted molar refractivity (Wildman–Crippen MR) is 99.4 cm³/mol. The Balaban J connectivity index is 0.000000450. The van der Waals surface area contributed by atoms with E-state index in [9.17, 15) is 17.8 Å². The van der Waals surface area contributed by atoms with Crippen LogP contribution in [0.15, 0.2) is 18.2 Å². The number of carbonyl (C=O) groups is 1. The summed E-state index contributed by atoms with van der Waals surface area (Å²) in [6.07, 6.45) is 5.63. The summed E-state index contributed by atoms with van der Waals surface area (Å²) < 4.78 is 33.4. The molecule has 1 aromatic carbocycles. The molecule has 0 fully saturated rings. The van der Waals surface area contributed by atoms with Crippen molar-refractivity contribution in [3.8, 4) is 0 Å². The second-order valence-electron chi connectivity index (χ2n) is 5.60. The van der Waals surface area contributed by atoms with E-state index in [1.807, 2.05) is 18.7 Å². The number of ketones is 1. The Morgan fingerprint density at radius 2 is 2.00 bits per heavy atom. The first kappa shape index (κ1) is 21.8. The average molecular weight is 388 g/mol. The van der Waals surface area contributed by atoms with Crippen LogP contribution in [0, 0.1) is 6.92 Å². The highest BCUT2D eigenvalue weighted by atomic mass is 32.3. The number of thioether (sulfide) groups is 1. The van der Waals surface area contributed by atoms with Crippen molar-refractivity contribution >= 4 is 38.7 Å². The SMILES string of the molecule is CCC(=O)CC[N+]1=C(SC)CCc2cc(C)ccc21.COS(=O)(=O)[O-].